The average molecular weight is 247 g/mol. The number of aromatic nitrogens is 1. The van der Waals surface area contributed by atoms with Crippen LogP contribution in [0.15, 0.2) is 17.1 Å². The molecule has 0 fully saturated rings. The second-order valence-corrected chi connectivity index (χ2v) is 4.98. The maximum Gasteiger partial charge on any atom is 0.396 e. The van der Waals surface area contributed by atoms with E-state index in [-0.39, 0.29) is 17.7 Å². The van der Waals surface area contributed by atoms with Gasteiger partial charge in [0.25, 0.3) is 0 Å². The Bertz CT molecular complexity index is 613. The van der Waals surface area contributed by atoms with Crippen molar-refractivity contribution in [2.45, 2.75) is 33.7 Å². The molecule has 2 aliphatic heterocycles. The summed E-state index contributed by atoms with van der Waals surface area (Å²) in [6, 6.07) is -0.311. The summed E-state index contributed by atoms with van der Waals surface area (Å²) in [6.07, 6.45) is 1.86. The molecule has 2 aliphatic rings. The fourth-order valence-electron chi connectivity index (χ4n) is 2.74. The zero-order valence-electron chi connectivity index (χ0n) is 10.9. The van der Waals surface area contributed by atoms with Gasteiger partial charge in [0.2, 0.25) is 0 Å². The molecule has 3 rings (SSSR count). The first kappa shape index (κ1) is 11.6. The van der Waals surface area contributed by atoms with Crippen LogP contribution in [0.25, 0.3) is 6.08 Å². The normalized spacial score (nSPS) is 21.8. The van der Waals surface area contributed by atoms with Crippen LogP contribution in [-0.4, -0.2) is 22.9 Å². The second-order valence-electron chi connectivity index (χ2n) is 4.98. The molecule has 0 amide bonds. The highest BCUT2D eigenvalue weighted by atomic mass is 19.1. The first-order valence-corrected chi connectivity index (χ1v) is 6.02. The van der Waals surface area contributed by atoms with E-state index in [1.807, 2.05) is 17.8 Å². The van der Waals surface area contributed by atoms with Crippen molar-refractivity contribution in [1.29, 1.82) is 0 Å². The summed E-state index contributed by atoms with van der Waals surface area (Å²) >= 11 is 0. The number of allylic oxidation sites excluding steroid dienone is 1. The largest absolute Gasteiger partial charge is 0.396 e. The van der Waals surface area contributed by atoms with Gasteiger partial charge in [0.05, 0.1) is 6.04 Å². The Hall–Kier alpha value is -1.52. The summed E-state index contributed by atoms with van der Waals surface area (Å²) in [5.41, 5.74) is 3.45. The van der Waals surface area contributed by atoms with Gasteiger partial charge in [0, 0.05) is 28.2 Å². The summed E-state index contributed by atoms with van der Waals surface area (Å²) in [5.74, 6) is -0.298. The Morgan fingerprint density at radius 2 is 1.89 bits per heavy atom. The van der Waals surface area contributed by atoms with E-state index in [0.29, 0.717) is 16.8 Å². The van der Waals surface area contributed by atoms with Gasteiger partial charge in [0.15, 0.2) is 0 Å². The molecule has 2 nitrogen and oxygen atoms in total. The quantitative estimate of drug-likeness (QED) is 0.640. The molecule has 1 aromatic rings. The van der Waals surface area contributed by atoms with Crippen LogP contribution in [-0.2, 0) is 0 Å². The fourth-order valence-corrected chi connectivity index (χ4v) is 2.74. The fraction of sp³-hybridized carbons (Fsp3) is 0.385. The lowest BCUT2D eigenvalue weighted by atomic mass is 9.98. The minimum Gasteiger partial charge on any atom is -0.390 e. The molecule has 3 heterocycles. The average Bonchev–Trinajstić information content (AvgIpc) is 2.71. The summed E-state index contributed by atoms with van der Waals surface area (Å²) in [5, 5.41) is 0. The Morgan fingerprint density at radius 1 is 1.22 bits per heavy atom. The number of nitrogens with zero attached hydrogens (tertiary/aromatic N) is 2. The van der Waals surface area contributed by atoms with Crippen molar-refractivity contribution in [3.8, 4) is 0 Å². The van der Waals surface area contributed by atoms with E-state index in [2.05, 4.69) is 0 Å². The van der Waals surface area contributed by atoms with E-state index in [9.17, 15) is 8.78 Å². The van der Waals surface area contributed by atoms with Gasteiger partial charge in [-0.2, -0.15) is 0 Å². The number of fused-ring (bicyclic) bond motifs is 2. The van der Waals surface area contributed by atoms with E-state index in [1.54, 1.807) is 32.8 Å². The van der Waals surface area contributed by atoms with Gasteiger partial charge >= 0.3 is 7.55 Å². The molecule has 0 bridgehead atoms. The standard InChI is InChI=1S/C13H14BF2N2/c1-6-10-5-11-7(2)13(16)9(4)18(11)14-17(10)8(3)12(6)15/h5,8H,1-4H3. The van der Waals surface area contributed by atoms with Gasteiger partial charge in [-0.1, -0.05) is 0 Å². The monoisotopic (exact) mass is 247 g/mol. The molecule has 0 spiro atoms. The van der Waals surface area contributed by atoms with Gasteiger partial charge in [0.1, 0.15) is 11.6 Å². The van der Waals surface area contributed by atoms with E-state index < -0.39 is 0 Å². The topological polar surface area (TPSA) is 8.17 Å². The van der Waals surface area contributed by atoms with E-state index in [4.69, 9.17) is 0 Å². The highest BCUT2D eigenvalue weighted by molar-refractivity contribution is 6.33. The lowest BCUT2D eigenvalue weighted by molar-refractivity contribution is 0.432. The van der Waals surface area contributed by atoms with Crippen molar-refractivity contribution in [2.24, 2.45) is 0 Å². The van der Waals surface area contributed by atoms with Crippen molar-refractivity contribution in [3.63, 3.8) is 0 Å². The first-order valence-electron chi connectivity index (χ1n) is 6.02. The minimum absolute atomic E-state index is 0.112. The number of rotatable bonds is 0. The van der Waals surface area contributed by atoms with Crippen LogP contribution in [0.1, 0.15) is 30.8 Å². The van der Waals surface area contributed by atoms with Gasteiger partial charge in [-0.15, -0.1) is 0 Å². The molecule has 1 radical (unpaired) electrons. The molecule has 5 heteroatoms. The predicted molar refractivity (Wildman–Crippen MR) is 68.1 cm³/mol. The molecule has 0 aliphatic carbocycles. The SMILES string of the molecule is CC1=C(F)C(C)N2[B]n3c(C)c(F)c(C)c3C=C12. The maximum absolute atomic E-state index is 13.9. The van der Waals surface area contributed by atoms with Crippen LogP contribution in [0.2, 0.25) is 0 Å². The van der Waals surface area contributed by atoms with Gasteiger partial charge in [-0.25, -0.2) is 8.78 Å². The molecule has 0 N–H and O–H groups in total. The molecule has 0 saturated heterocycles. The third kappa shape index (κ3) is 1.22. The third-order valence-corrected chi connectivity index (χ3v) is 3.97. The van der Waals surface area contributed by atoms with E-state index in [1.165, 1.54) is 0 Å². The molecule has 93 valence electrons. The number of hydrogen-bond donors (Lipinski definition) is 0. The van der Waals surface area contributed by atoms with Gasteiger partial charge in [-0.05, 0) is 33.8 Å². The molecule has 0 aromatic carbocycles. The molecule has 0 saturated carbocycles. The third-order valence-electron chi connectivity index (χ3n) is 3.97. The lowest BCUT2D eigenvalue weighted by Crippen LogP contribution is -2.39. The Morgan fingerprint density at radius 3 is 2.56 bits per heavy atom. The Balaban J connectivity index is 2.21. The van der Waals surface area contributed by atoms with Gasteiger partial charge in [-0.3, -0.25) is 0 Å². The van der Waals surface area contributed by atoms with Crippen LogP contribution in [0.3, 0.4) is 0 Å². The van der Waals surface area contributed by atoms with E-state index >= 15 is 0 Å². The summed E-state index contributed by atoms with van der Waals surface area (Å²) < 4.78 is 29.6. The van der Waals surface area contributed by atoms with Crippen molar-refractivity contribution < 1.29 is 8.78 Å². The zero-order chi connectivity index (χ0) is 13.2. The maximum atomic E-state index is 13.9. The highest BCUT2D eigenvalue weighted by Crippen LogP contribution is 2.38. The van der Waals surface area contributed by atoms with E-state index in [0.717, 1.165) is 11.4 Å². The van der Waals surface area contributed by atoms with Crippen molar-refractivity contribution >= 4 is 13.6 Å². The van der Waals surface area contributed by atoms with Gasteiger partial charge < -0.3 is 9.29 Å². The first-order chi connectivity index (χ1) is 8.43. The predicted octanol–water partition coefficient (Wildman–Crippen LogP) is 2.93. The summed E-state index contributed by atoms with van der Waals surface area (Å²) in [4.78, 5) is 1.85. The van der Waals surface area contributed by atoms with Crippen LogP contribution in [0.5, 0.6) is 0 Å². The Labute approximate surface area is 106 Å². The molecular weight excluding hydrogens is 233 g/mol. The van der Waals surface area contributed by atoms with Crippen molar-refractivity contribution in [2.75, 3.05) is 0 Å². The lowest BCUT2D eigenvalue weighted by Gasteiger charge is -2.30. The second kappa shape index (κ2) is 3.50. The Kier molecular flexibility index (Phi) is 2.25. The summed E-state index contributed by atoms with van der Waals surface area (Å²) in [6.45, 7) is 7.06. The van der Waals surface area contributed by atoms with Crippen molar-refractivity contribution in [3.05, 3.63) is 39.9 Å². The van der Waals surface area contributed by atoms with Crippen LogP contribution in [0, 0.1) is 19.7 Å². The smallest absolute Gasteiger partial charge is 0.390 e. The summed E-state index contributed by atoms with van der Waals surface area (Å²) in [7, 11) is 1.79. The molecule has 1 aromatic heterocycles. The molecule has 18 heavy (non-hydrogen) atoms. The van der Waals surface area contributed by atoms with Crippen LogP contribution >= 0.6 is 0 Å². The van der Waals surface area contributed by atoms with Crippen LogP contribution < -0.4 is 0 Å². The highest BCUT2D eigenvalue weighted by Gasteiger charge is 2.36. The van der Waals surface area contributed by atoms with Crippen LogP contribution in [0.4, 0.5) is 8.78 Å². The zero-order valence-corrected chi connectivity index (χ0v) is 10.9. The number of halogens is 2. The minimum atomic E-state index is -0.311. The number of hydrogen-bond acceptors (Lipinski definition) is 1. The molecule has 1 unspecified atom stereocenters. The van der Waals surface area contributed by atoms with Crippen molar-refractivity contribution in [1.82, 2.24) is 9.29 Å². The molecule has 1 atom stereocenters. The molecular formula is C13H14BF2N2.